The zero-order valence-electron chi connectivity index (χ0n) is 21.2. The highest BCUT2D eigenvalue weighted by Crippen LogP contribution is 2.41. The van der Waals surface area contributed by atoms with Crippen molar-refractivity contribution in [3.63, 3.8) is 0 Å². The Labute approximate surface area is 224 Å². The number of likely N-dealkylation sites (N-methyl/N-ethyl adjacent to an activating group) is 1. The molecule has 192 valence electrons. The largest absolute Gasteiger partial charge is 0.496 e. The molecule has 9 nitrogen and oxygen atoms in total. The normalized spacial score (nSPS) is 14.1. The molecule has 4 heterocycles. The topological polar surface area (TPSA) is 87.9 Å². The molecule has 6 rings (SSSR count). The van der Waals surface area contributed by atoms with Crippen LogP contribution in [0.5, 0.6) is 5.75 Å². The minimum absolute atomic E-state index is 0.161. The lowest BCUT2D eigenvalue weighted by molar-refractivity contribution is 0.313. The molecule has 38 heavy (non-hydrogen) atoms. The van der Waals surface area contributed by atoms with Gasteiger partial charge in [-0.2, -0.15) is 0 Å². The van der Waals surface area contributed by atoms with Crippen molar-refractivity contribution in [1.29, 1.82) is 0 Å². The number of thiazole rings is 1. The molecule has 0 spiro atoms. The van der Waals surface area contributed by atoms with Gasteiger partial charge in [0.2, 0.25) is 5.95 Å². The summed E-state index contributed by atoms with van der Waals surface area (Å²) in [7, 11) is 3.78. The molecule has 0 amide bonds. The second-order valence-electron chi connectivity index (χ2n) is 9.11. The van der Waals surface area contributed by atoms with Crippen LogP contribution in [0.2, 0.25) is 0 Å². The van der Waals surface area contributed by atoms with Crippen molar-refractivity contribution in [3.05, 3.63) is 83.4 Å². The molecule has 1 saturated heterocycles. The number of anilines is 3. The number of aromatic nitrogens is 4. The molecule has 0 radical (unpaired) electrons. The fourth-order valence-electron chi connectivity index (χ4n) is 4.66. The first-order valence-electron chi connectivity index (χ1n) is 12.4. The smallest absolute Gasteiger partial charge is 0.258 e. The molecule has 1 fully saturated rings. The summed E-state index contributed by atoms with van der Waals surface area (Å²) in [4.78, 5) is 32.8. The van der Waals surface area contributed by atoms with Gasteiger partial charge in [-0.05, 0) is 49.5 Å². The van der Waals surface area contributed by atoms with Gasteiger partial charge in [0, 0.05) is 61.6 Å². The van der Waals surface area contributed by atoms with Gasteiger partial charge in [-0.15, -0.1) is 0 Å². The number of piperazine rings is 1. The van der Waals surface area contributed by atoms with Crippen LogP contribution in [0.25, 0.3) is 26.8 Å². The molecule has 0 unspecified atom stereocenters. The lowest BCUT2D eigenvalue weighted by Gasteiger charge is -2.34. The first kappa shape index (κ1) is 24.1. The van der Waals surface area contributed by atoms with Gasteiger partial charge in [0.25, 0.3) is 5.56 Å². The highest BCUT2D eigenvalue weighted by molar-refractivity contribution is 7.20. The summed E-state index contributed by atoms with van der Waals surface area (Å²) in [5.41, 5.74) is 4.13. The molecule has 3 aromatic heterocycles. The maximum Gasteiger partial charge on any atom is 0.258 e. The lowest BCUT2D eigenvalue weighted by atomic mass is 10.1. The van der Waals surface area contributed by atoms with E-state index in [-0.39, 0.29) is 5.56 Å². The van der Waals surface area contributed by atoms with E-state index >= 15 is 0 Å². The summed E-state index contributed by atoms with van der Waals surface area (Å²) in [6.45, 7) is 4.18. The van der Waals surface area contributed by atoms with Crippen LogP contribution in [-0.2, 0) is 0 Å². The van der Waals surface area contributed by atoms with Crippen LogP contribution in [0.4, 0.5) is 17.3 Å². The number of benzene rings is 2. The number of hydrogen-bond donors (Lipinski definition) is 1. The van der Waals surface area contributed by atoms with Crippen LogP contribution in [-0.4, -0.2) is 64.6 Å². The number of fused-ring (bicyclic) bond motifs is 1. The highest BCUT2D eigenvalue weighted by Gasteiger charge is 2.22. The molecule has 5 aromatic rings. The molecule has 0 aliphatic carbocycles. The van der Waals surface area contributed by atoms with E-state index in [1.165, 1.54) is 29.3 Å². The molecule has 1 aliphatic heterocycles. The number of nitrogens with one attached hydrogen (secondary N) is 1. The fourth-order valence-corrected chi connectivity index (χ4v) is 5.75. The Balaban J connectivity index is 1.35. The van der Waals surface area contributed by atoms with E-state index < -0.39 is 0 Å². The molecule has 1 N–H and O–H groups in total. The average Bonchev–Trinajstić information content (AvgIpc) is 3.35. The predicted octanol–water partition coefficient (Wildman–Crippen LogP) is 4.38. The van der Waals surface area contributed by atoms with Crippen molar-refractivity contribution in [1.82, 2.24) is 24.3 Å². The molecular formula is C28H27N7O2S. The summed E-state index contributed by atoms with van der Waals surface area (Å²) in [5.74, 6) is 1.13. The summed E-state index contributed by atoms with van der Waals surface area (Å²) < 4.78 is 7.24. The Morgan fingerprint density at radius 1 is 0.921 bits per heavy atom. The number of rotatable bonds is 6. The maximum absolute atomic E-state index is 12.9. The molecule has 0 saturated carbocycles. The molecular weight excluding hydrogens is 498 g/mol. The van der Waals surface area contributed by atoms with E-state index in [1.807, 2.05) is 42.5 Å². The van der Waals surface area contributed by atoms with Crippen LogP contribution < -0.4 is 20.5 Å². The van der Waals surface area contributed by atoms with Gasteiger partial charge in [-0.25, -0.2) is 15.0 Å². The third kappa shape index (κ3) is 4.59. The fraction of sp³-hybridized carbons (Fsp3) is 0.214. The zero-order valence-corrected chi connectivity index (χ0v) is 22.0. The van der Waals surface area contributed by atoms with E-state index in [9.17, 15) is 4.79 Å². The Morgan fingerprint density at radius 3 is 2.47 bits per heavy atom. The van der Waals surface area contributed by atoms with Crippen molar-refractivity contribution >= 4 is 33.6 Å². The van der Waals surface area contributed by atoms with Gasteiger partial charge >= 0.3 is 0 Å². The molecule has 1 aliphatic rings. The Hall–Kier alpha value is -4.28. The third-order valence-corrected chi connectivity index (χ3v) is 7.77. The first-order valence-corrected chi connectivity index (χ1v) is 13.2. The maximum atomic E-state index is 12.9. The minimum atomic E-state index is -0.161. The standard InChI is InChI=1S/C28H27N7O2S/c1-33-15-17-34(18-16-33)20-9-7-19(8-10-20)31-27-29-13-11-22(32-27)26-25(21-5-3-4-6-23(21)37-2)35-24(36)12-14-30-28(35)38-26/h3-14H,15-18H2,1-2H3,(H,29,31,32). The second-order valence-corrected chi connectivity index (χ2v) is 10.1. The lowest BCUT2D eigenvalue weighted by Crippen LogP contribution is -2.44. The summed E-state index contributed by atoms with van der Waals surface area (Å²) >= 11 is 1.41. The van der Waals surface area contributed by atoms with Crippen molar-refractivity contribution in [2.75, 3.05) is 50.6 Å². The predicted molar refractivity (Wildman–Crippen MR) is 152 cm³/mol. The molecule has 0 bridgehead atoms. The van der Waals surface area contributed by atoms with E-state index in [2.05, 4.69) is 44.3 Å². The average molecular weight is 526 g/mol. The summed E-state index contributed by atoms with van der Waals surface area (Å²) in [6.07, 6.45) is 3.25. The zero-order chi connectivity index (χ0) is 26.1. The van der Waals surface area contributed by atoms with Gasteiger partial charge in [0.1, 0.15) is 5.75 Å². The van der Waals surface area contributed by atoms with E-state index in [4.69, 9.17) is 9.72 Å². The molecule has 0 atom stereocenters. The van der Waals surface area contributed by atoms with E-state index in [0.29, 0.717) is 28.0 Å². The Morgan fingerprint density at radius 2 is 1.68 bits per heavy atom. The Kier molecular flexibility index (Phi) is 6.48. The molecule has 2 aromatic carbocycles. The van der Waals surface area contributed by atoms with Gasteiger partial charge in [0.05, 0.1) is 23.4 Å². The van der Waals surface area contributed by atoms with Gasteiger partial charge < -0.3 is 19.9 Å². The van der Waals surface area contributed by atoms with E-state index in [1.54, 1.807) is 17.7 Å². The number of hydrogen-bond acceptors (Lipinski definition) is 9. The van der Waals surface area contributed by atoms with Gasteiger partial charge in [-0.3, -0.25) is 9.20 Å². The van der Waals surface area contributed by atoms with Crippen LogP contribution in [0.3, 0.4) is 0 Å². The number of para-hydroxylation sites is 1. The monoisotopic (exact) mass is 525 g/mol. The quantitative estimate of drug-likeness (QED) is 0.349. The van der Waals surface area contributed by atoms with Crippen molar-refractivity contribution in [2.45, 2.75) is 0 Å². The van der Waals surface area contributed by atoms with E-state index in [0.717, 1.165) is 42.3 Å². The number of ether oxygens (including phenoxy) is 1. The van der Waals surface area contributed by atoms with Crippen molar-refractivity contribution in [2.24, 2.45) is 0 Å². The van der Waals surface area contributed by atoms with Crippen LogP contribution in [0, 0.1) is 0 Å². The number of methoxy groups -OCH3 is 1. The highest BCUT2D eigenvalue weighted by atomic mass is 32.1. The number of nitrogens with zero attached hydrogens (tertiary/aromatic N) is 6. The molecule has 10 heteroatoms. The van der Waals surface area contributed by atoms with Gasteiger partial charge in [-0.1, -0.05) is 23.5 Å². The van der Waals surface area contributed by atoms with Crippen LogP contribution in [0.1, 0.15) is 0 Å². The van der Waals surface area contributed by atoms with Gasteiger partial charge in [0.15, 0.2) is 4.96 Å². The Bertz CT molecular complexity index is 1640. The van der Waals surface area contributed by atoms with Crippen LogP contribution in [0.15, 0.2) is 77.9 Å². The first-order chi connectivity index (χ1) is 18.6. The summed E-state index contributed by atoms with van der Waals surface area (Å²) in [5, 5.41) is 3.33. The van der Waals surface area contributed by atoms with Crippen molar-refractivity contribution < 1.29 is 4.74 Å². The SMILES string of the molecule is COc1ccccc1-c1c(-c2ccnc(Nc3ccc(N4CCN(C)CC4)cc3)n2)sc2nccc(=O)n12. The summed E-state index contributed by atoms with van der Waals surface area (Å²) in [6, 6.07) is 19.3. The van der Waals surface area contributed by atoms with Crippen molar-refractivity contribution in [3.8, 4) is 27.6 Å². The minimum Gasteiger partial charge on any atom is -0.496 e. The van der Waals surface area contributed by atoms with Crippen LogP contribution >= 0.6 is 11.3 Å². The second kappa shape index (κ2) is 10.2. The third-order valence-electron chi connectivity index (χ3n) is 6.69.